The van der Waals surface area contributed by atoms with Crippen molar-refractivity contribution in [3.05, 3.63) is 11.6 Å². The van der Waals surface area contributed by atoms with Gasteiger partial charge in [-0.05, 0) is 12.8 Å². The van der Waals surface area contributed by atoms with Gasteiger partial charge in [-0.2, -0.15) is 5.10 Å². The molecule has 0 aliphatic carbocycles. The minimum absolute atomic E-state index is 0.0480. The minimum atomic E-state index is 0.0480. The molecule has 0 amide bonds. The Balaban J connectivity index is 2.25. The number of hydrogen-bond acceptors (Lipinski definition) is 4. The van der Waals surface area contributed by atoms with Gasteiger partial charge in [-0.1, -0.05) is 0 Å². The molecule has 0 unspecified atom stereocenters. The zero-order valence-electron chi connectivity index (χ0n) is 7.73. The van der Waals surface area contributed by atoms with Gasteiger partial charge >= 0.3 is 0 Å². The number of nitrogens with two attached hydrogens (primary N) is 1. The van der Waals surface area contributed by atoms with E-state index in [1.165, 1.54) is 0 Å². The molecule has 0 radical (unpaired) electrons. The predicted molar refractivity (Wildman–Crippen MR) is 46.9 cm³/mol. The highest BCUT2D eigenvalue weighted by Gasteiger charge is 2.20. The van der Waals surface area contributed by atoms with Crippen molar-refractivity contribution in [2.45, 2.75) is 32.0 Å². The van der Waals surface area contributed by atoms with Crippen molar-refractivity contribution in [1.29, 1.82) is 0 Å². The van der Waals surface area contributed by atoms with E-state index in [0.717, 1.165) is 31.0 Å². The van der Waals surface area contributed by atoms with Crippen LogP contribution in [0.2, 0.25) is 0 Å². The van der Waals surface area contributed by atoms with Crippen LogP contribution in [0.15, 0.2) is 0 Å². The molecule has 0 fully saturated rings. The fourth-order valence-electron chi connectivity index (χ4n) is 1.62. The van der Waals surface area contributed by atoms with Crippen LogP contribution >= 0.6 is 0 Å². The van der Waals surface area contributed by atoms with Crippen LogP contribution in [0.5, 0.6) is 0 Å². The van der Waals surface area contributed by atoms with Gasteiger partial charge in [0.05, 0.1) is 6.04 Å². The Hall–Kier alpha value is -0.940. The molecule has 0 saturated heterocycles. The fourth-order valence-corrected chi connectivity index (χ4v) is 1.62. The number of methoxy groups -OCH3 is 1. The number of ether oxygens (including phenoxy) is 1. The monoisotopic (exact) mass is 182 g/mol. The third-order valence-corrected chi connectivity index (χ3v) is 2.23. The molecule has 2 heterocycles. The lowest BCUT2D eigenvalue weighted by Gasteiger charge is -2.17. The molecule has 0 spiro atoms. The first-order valence-corrected chi connectivity index (χ1v) is 4.49. The van der Waals surface area contributed by atoms with Gasteiger partial charge in [0.1, 0.15) is 12.4 Å². The van der Waals surface area contributed by atoms with Crippen molar-refractivity contribution >= 4 is 0 Å². The van der Waals surface area contributed by atoms with Crippen LogP contribution in [0.1, 0.15) is 30.5 Å². The highest BCUT2D eigenvalue weighted by Crippen LogP contribution is 2.20. The van der Waals surface area contributed by atoms with Crippen molar-refractivity contribution in [3.8, 4) is 0 Å². The number of aryl methyl sites for hydroxylation is 1. The SMILES string of the molecule is COCc1nc2n(n1)CCC[C@@H]2N. The molecule has 2 N–H and O–H groups in total. The second-order valence-electron chi connectivity index (χ2n) is 3.29. The summed E-state index contributed by atoms with van der Waals surface area (Å²) in [6, 6.07) is 0.0480. The Kier molecular flexibility index (Phi) is 2.28. The first-order valence-electron chi connectivity index (χ1n) is 4.49. The molecule has 1 aromatic rings. The van der Waals surface area contributed by atoms with Gasteiger partial charge in [-0.15, -0.1) is 0 Å². The van der Waals surface area contributed by atoms with Crippen molar-refractivity contribution in [2.24, 2.45) is 5.73 Å². The van der Waals surface area contributed by atoms with E-state index < -0.39 is 0 Å². The standard InChI is InChI=1S/C8H14N4O/c1-13-5-7-10-8-6(9)3-2-4-12(8)11-7/h6H,2-5,9H2,1H3/t6-/m0/s1. The summed E-state index contributed by atoms with van der Waals surface area (Å²) < 4.78 is 6.85. The van der Waals surface area contributed by atoms with Crippen molar-refractivity contribution in [1.82, 2.24) is 14.8 Å². The van der Waals surface area contributed by atoms with Crippen LogP contribution < -0.4 is 5.73 Å². The largest absolute Gasteiger partial charge is 0.377 e. The molecule has 0 saturated carbocycles. The molecule has 1 atom stereocenters. The molecule has 1 aliphatic heterocycles. The Morgan fingerprint density at radius 2 is 2.54 bits per heavy atom. The molecule has 1 aliphatic rings. The molecule has 13 heavy (non-hydrogen) atoms. The quantitative estimate of drug-likeness (QED) is 0.710. The van der Waals surface area contributed by atoms with E-state index in [-0.39, 0.29) is 6.04 Å². The number of rotatable bonds is 2. The molecular formula is C8H14N4O. The maximum Gasteiger partial charge on any atom is 0.176 e. The van der Waals surface area contributed by atoms with E-state index in [0.29, 0.717) is 6.61 Å². The molecule has 5 nitrogen and oxygen atoms in total. The number of aromatic nitrogens is 3. The predicted octanol–water partition coefficient (Wildman–Crippen LogP) is 0.218. The zero-order chi connectivity index (χ0) is 9.26. The Morgan fingerprint density at radius 1 is 1.69 bits per heavy atom. The van der Waals surface area contributed by atoms with E-state index >= 15 is 0 Å². The topological polar surface area (TPSA) is 66.0 Å². The van der Waals surface area contributed by atoms with Crippen LogP contribution in [-0.2, 0) is 17.9 Å². The molecule has 0 aromatic carbocycles. The summed E-state index contributed by atoms with van der Waals surface area (Å²) in [7, 11) is 1.64. The summed E-state index contributed by atoms with van der Waals surface area (Å²) in [5.41, 5.74) is 5.89. The first-order chi connectivity index (χ1) is 6.31. The second kappa shape index (κ2) is 3.43. The zero-order valence-corrected chi connectivity index (χ0v) is 7.73. The first kappa shape index (κ1) is 8.65. The lowest BCUT2D eigenvalue weighted by molar-refractivity contribution is 0.177. The van der Waals surface area contributed by atoms with E-state index in [4.69, 9.17) is 10.5 Å². The smallest absolute Gasteiger partial charge is 0.176 e. The van der Waals surface area contributed by atoms with E-state index in [2.05, 4.69) is 10.1 Å². The Labute approximate surface area is 76.9 Å². The minimum Gasteiger partial charge on any atom is -0.377 e. The molecule has 72 valence electrons. The summed E-state index contributed by atoms with van der Waals surface area (Å²) in [5, 5.41) is 4.29. The second-order valence-corrected chi connectivity index (χ2v) is 3.29. The lowest BCUT2D eigenvalue weighted by Crippen LogP contribution is -2.22. The van der Waals surface area contributed by atoms with Gasteiger partial charge < -0.3 is 10.5 Å². The van der Waals surface area contributed by atoms with Crippen LogP contribution in [0, 0.1) is 0 Å². The van der Waals surface area contributed by atoms with Gasteiger partial charge in [-0.25, -0.2) is 9.67 Å². The molecule has 2 rings (SSSR count). The van der Waals surface area contributed by atoms with E-state index in [1.807, 2.05) is 4.68 Å². The van der Waals surface area contributed by atoms with E-state index in [9.17, 15) is 0 Å². The summed E-state index contributed by atoms with van der Waals surface area (Å²) in [4.78, 5) is 4.32. The third-order valence-electron chi connectivity index (χ3n) is 2.23. The number of fused-ring (bicyclic) bond motifs is 1. The summed E-state index contributed by atoms with van der Waals surface area (Å²) >= 11 is 0. The Bertz CT molecular complexity index is 296. The summed E-state index contributed by atoms with van der Waals surface area (Å²) in [5.74, 6) is 1.63. The fraction of sp³-hybridized carbons (Fsp3) is 0.750. The van der Waals surface area contributed by atoms with Crippen LogP contribution in [0.3, 0.4) is 0 Å². The van der Waals surface area contributed by atoms with Crippen LogP contribution in [0.4, 0.5) is 0 Å². The molecular weight excluding hydrogens is 168 g/mol. The lowest BCUT2D eigenvalue weighted by atomic mass is 10.1. The maximum absolute atomic E-state index is 5.89. The van der Waals surface area contributed by atoms with Gasteiger partial charge in [0.25, 0.3) is 0 Å². The Morgan fingerprint density at radius 3 is 3.23 bits per heavy atom. The maximum atomic E-state index is 5.89. The molecule has 1 aromatic heterocycles. The summed E-state index contributed by atoms with van der Waals surface area (Å²) in [6.07, 6.45) is 2.09. The van der Waals surface area contributed by atoms with Gasteiger partial charge in [0, 0.05) is 13.7 Å². The van der Waals surface area contributed by atoms with Crippen molar-refractivity contribution < 1.29 is 4.74 Å². The summed E-state index contributed by atoms with van der Waals surface area (Å²) in [6.45, 7) is 1.40. The highest BCUT2D eigenvalue weighted by molar-refractivity contribution is 5.00. The average molecular weight is 182 g/mol. The van der Waals surface area contributed by atoms with Crippen LogP contribution in [-0.4, -0.2) is 21.9 Å². The van der Waals surface area contributed by atoms with Crippen molar-refractivity contribution in [3.63, 3.8) is 0 Å². The molecule has 0 bridgehead atoms. The highest BCUT2D eigenvalue weighted by atomic mass is 16.5. The van der Waals surface area contributed by atoms with Gasteiger partial charge in [0.15, 0.2) is 5.82 Å². The average Bonchev–Trinajstić information content (AvgIpc) is 2.49. The molecule has 5 heteroatoms. The van der Waals surface area contributed by atoms with Crippen molar-refractivity contribution in [2.75, 3.05) is 7.11 Å². The van der Waals surface area contributed by atoms with Gasteiger partial charge in [-0.3, -0.25) is 0 Å². The van der Waals surface area contributed by atoms with Gasteiger partial charge in [0.2, 0.25) is 0 Å². The number of hydrogen-bond donors (Lipinski definition) is 1. The normalized spacial score (nSPS) is 21.5. The van der Waals surface area contributed by atoms with E-state index in [1.54, 1.807) is 7.11 Å². The van der Waals surface area contributed by atoms with Crippen LogP contribution in [0.25, 0.3) is 0 Å². The number of nitrogens with zero attached hydrogens (tertiary/aromatic N) is 3. The third kappa shape index (κ3) is 1.57.